The fraction of sp³-hybridized carbons (Fsp3) is 0.667. The number of hydrogen-bond donors (Lipinski definition) is 1. The molecule has 2 fully saturated rings. The Morgan fingerprint density at radius 1 is 1.35 bits per heavy atom. The summed E-state index contributed by atoms with van der Waals surface area (Å²) in [5.41, 5.74) is -0.233. The van der Waals surface area contributed by atoms with Crippen LogP contribution in [0.2, 0.25) is 0 Å². The molecule has 0 saturated carbocycles. The fourth-order valence-corrected chi connectivity index (χ4v) is 3.39. The molecule has 2 saturated heterocycles. The lowest BCUT2D eigenvalue weighted by Crippen LogP contribution is -2.52. The smallest absolute Gasteiger partial charge is 0.329 e. The Bertz CT molecular complexity index is 902. The highest BCUT2D eigenvalue weighted by Crippen LogP contribution is 2.29. The van der Waals surface area contributed by atoms with Crippen LogP contribution in [0.1, 0.15) is 6.92 Å². The molecule has 11 heteroatoms. The van der Waals surface area contributed by atoms with Gasteiger partial charge in [0.25, 0.3) is 5.56 Å². The van der Waals surface area contributed by atoms with Gasteiger partial charge in [-0.15, -0.1) is 12.4 Å². The summed E-state index contributed by atoms with van der Waals surface area (Å²) in [6.07, 6.45) is 1.33. The molecule has 0 radical (unpaired) electrons. The molecular weight excluding hydrogens is 366 g/mol. The molecule has 4 rings (SSSR count). The molecule has 1 N–H and O–H groups in total. The molecule has 4 heterocycles. The third kappa shape index (κ3) is 3.19. The van der Waals surface area contributed by atoms with E-state index in [0.29, 0.717) is 37.5 Å². The van der Waals surface area contributed by atoms with Crippen molar-refractivity contribution in [2.45, 2.75) is 25.5 Å². The summed E-state index contributed by atoms with van der Waals surface area (Å²) in [6.45, 7) is 5.54. The molecule has 2 aliphatic heterocycles. The third-order valence-corrected chi connectivity index (χ3v) is 4.78. The molecule has 0 amide bonds. The zero-order valence-electron chi connectivity index (χ0n) is 14.6. The van der Waals surface area contributed by atoms with Gasteiger partial charge < -0.3 is 18.8 Å². The minimum absolute atomic E-state index is 0. The number of ether oxygens (including phenoxy) is 3. The zero-order valence-corrected chi connectivity index (χ0v) is 15.5. The molecule has 2 aromatic heterocycles. The second kappa shape index (κ2) is 7.12. The van der Waals surface area contributed by atoms with Gasteiger partial charge in [-0.25, -0.2) is 14.7 Å². The van der Waals surface area contributed by atoms with Gasteiger partial charge in [-0.2, -0.15) is 0 Å². The van der Waals surface area contributed by atoms with Crippen molar-refractivity contribution in [3.8, 4) is 0 Å². The van der Waals surface area contributed by atoms with Gasteiger partial charge in [-0.1, -0.05) is 0 Å². The normalized spacial score (nSPS) is 26.9. The van der Waals surface area contributed by atoms with Crippen LogP contribution < -0.4 is 11.2 Å². The summed E-state index contributed by atoms with van der Waals surface area (Å²) >= 11 is 0. The van der Waals surface area contributed by atoms with E-state index in [1.54, 1.807) is 17.9 Å². The lowest BCUT2D eigenvalue weighted by atomic mass is 10.3. The summed E-state index contributed by atoms with van der Waals surface area (Å²) in [4.78, 5) is 32.4. The first-order chi connectivity index (χ1) is 12.0. The number of imidazole rings is 1. The Morgan fingerprint density at radius 3 is 2.81 bits per heavy atom. The van der Waals surface area contributed by atoms with Crippen LogP contribution in [0.25, 0.3) is 11.2 Å². The van der Waals surface area contributed by atoms with Crippen molar-refractivity contribution in [1.82, 2.24) is 24.0 Å². The highest BCUT2D eigenvalue weighted by Gasteiger charge is 2.43. The molecule has 0 aliphatic carbocycles. The van der Waals surface area contributed by atoms with Gasteiger partial charge in [0.1, 0.15) is 6.10 Å². The SMILES string of the molecule is Cl.Cn1c(=O)[nH]c(=O)c2c1ncn2CC1COC(C)(N2CCOCC2)O1. The predicted octanol–water partition coefficient (Wildman–Crippen LogP) is -0.734. The van der Waals surface area contributed by atoms with Crippen molar-refractivity contribution in [3.05, 3.63) is 27.2 Å². The van der Waals surface area contributed by atoms with E-state index in [0.717, 1.165) is 13.1 Å². The average molecular weight is 388 g/mol. The topological polar surface area (TPSA) is 104 Å². The van der Waals surface area contributed by atoms with E-state index < -0.39 is 17.2 Å². The highest BCUT2D eigenvalue weighted by atomic mass is 35.5. The Morgan fingerprint density at radius 2 is 2.08 bits per heavy atom. The lowest BCUT2D eigenvalue weighted by molar-refractivity contribution is -0.265. The second-order valence-corrected chi connectivity index (χ2v) is 6.44. The van der Waals surface area contributed by atoms with Crippen molar-refractivity contribution >= 4 is 23.6 Å². The number of aromatic nitrogens is 4. The minimum Gasteiger partial charge on any atom is -0.379 e. The standard InChI is InChI=1S/C15H21N5O5.ClH/c1-15(20-3-5-23-6-4-20)24-8-10(25-15)7-19-9-16-12-11(19)13(21)17-14(22)18(12)2;/h9-10H,3-8H2,1-2H3,(H,17,21,22);1H. The van der Waals surface area contributed by atoms with E-state index in [4.69, 9.17) is 14.2 Å². The van der Waals surface area contributed by atoms with E-state index in [2.05, 4.69) is 14.9 Å². The van der Waals surface area contributed by atoms with Crippen LogP contribution in [-0.4, -0.2) is 68.9 Å². The number of fused-ring (bicyclic) bond motifs is 1. The molecule has 2 aromatic rings. The van der Waals surface area contributed by atoms with Crippen molar-refractivity contribution in [2.24, 2.45) is 7.05 Å². The van der Waals surface area contributed by atoms with Gasteiger partial charge in [-0.3, -0.25) is 14.3 Å². The van der Waals surface area contributed by atoms with Crippen LogP contribution in [0.4, 0.5) is 0 Å². The first-order valence-electron chi connectivity index (χ1n) is 8.27. The molecule has 26 heavy (non-hydrogen) atoms. The molecular formula is C15H22ClN5O5. The van der Waals surface area contributed by atoms with Crippen molar-refractivity contribution in [1.29, 1.82) is 0 Å². The summed E-state index contributed by atoms with van der Waals surface area (Å²) in [7, 11) is 1.57. The summed E-state index contributed by atoms with van der Waals surface area (Å²) in [5.74, 6) is -0.788. The third-order valence-electron chi connectivity index (χ3n) is 4.78. The number of halogens is 1. The lowest BCUT2D eigenvalue weighted by Gasteiger charge is -2.38. The maximum Gasteiger partial charge on any atom is 0.329 e. The van der Waals surface area contributed by atoms with Crippen LogP contribution >= 0.6 is 12.4 Å². The number of rotatable bonds is 3. The van der Waals surface area contributed by atoms with E-state index >= 15 is 0 Å². The van der Waals surface area contributed by atoms with Gasteiger partial charge >= 0.3 is 5.69 Å². The summed E-state index contributed by atoms with van der Waals surface area (Å²) in [5, 5.41) is 0. The minimum atomic E-state index is -0.788. The number of aryl methyl sites for hydroxylation is 1. The summed E-state index contributed by atoms with van der Waals surface area (Å²) in [6, 6.07) is 0. The number of aromatic amines is 1. The maximum absolute atomic E-state index is 12.2. The monoisotopic (exact) mass is 387 g/mol. The Hall–Kier alpha value is -1.72. The van der Waals surface area contributed by atoms with Crippen molar-refractivity contribution in [3.63, 3.8) is 0 Å². The number of H-pyrrole nitrogens is 1. The Labute approximate surface area is 155 Å². The van der Waals surface area contributed by atoms with Crippen molar-refractivity contribution < 1.29 is 14.2 Å². The largest absolute Gasteiger partial charge is 0.379 e. The molecule has 0 bridgehead atoms. The average Bonchev–Trinajstić information content (AvgIpc) is 3.19. The van der Waals surface area contributed by atoms with Gasteiger partial charge in [-0.05, 0) is 0 Å². The number of hydrogen-bond acceptors (Lipinski definition) is 7. The zero-order chi connectivity index (χ0) is 17.6. The molecule has 2 atom stereocenters. The fourth-order valence-electron chi connectivity index (χ4n) is 3.39. The number of morpholine rings is 1. The molecule has 2 aliphatic rings. The Kier molecular flexibility index (Phi) is 5.22. The maximum atomic E-state index is 12.2. The molecule has 10 nitrogen and oxygen atoms in total. The van der Waals surface area contributed by atoms with Gasteiger partial charge in [0, 0.05) is 27.1 Å². The summed E-state index contributed by atoms with van der Waals surface area (Å²) < 4.78 is 20.4. The second-order valence-electron chi connectivity index (χ2n) is 6.44. The first kappa shape index (κ1) is 19.1. The van der Waals surface area contributed by atoms with Gasteiger partial charge in [0.2, 0.25) is 5.91 Å². The van der Waals surface area contributed by atoms with Crippen LogP contribution in [0.3, 0.4) is 0 Å². The number of nitrogens with zero attached hydrogens (tertiary/aromatic N) is 4. The van der Waals surface area contributed by atoms with Gasteiger partial charge in [0.05, 0.1) is 32.7 Å². The molecule has 0 aromatic carbocycles. The van der Waals surface area contributed by atoms with Gasteiger partial charge in [0.15, 0.2) is 11.2 Å². The quantitative estimate of drug-likeness (QED) is 0.740. The molecule has 144 valence electrons. The van der Waals surface area contributed by atoms with E-state index in [9.17, 15) is 9.59 Å². The van der Waals surface area contributed by atoms with Crippen LogP contribution in [0, 0.1) is 0 Å². The van der Waals surface area contributed by atoms with Crippen LogP contribution in [-0.2, 0) is 27.8 Å². The van der Waals surface area contributed by atoms with E-state index in [1.807, 2.05) is 6.92 Å². The number of nitrogens with one attached hydrogen (secondary N) is 1. The molecule has 2 unspecified atom stereocenters. The van der Waals surface area contributed by atoms with Crippen LogP contribution in [0.15, 0.2) is 15.9 Å². The Balaban J connectivity index is 0.00000196. The van der Waals surface area contributed by atoms with E-state index in [-0.39, 0.29) is 18.5 Å². The molecule has 0 spiro atoms. The van der Waals surface area contributed by atoms with E-state index in [1.165, 1.54) is 4.57 Å². The van der Waals surface area contributed by atoms with Crippen molar-refractivity contribution in [2.75, 3.05) is 32.9 Å². The highest BCUT2D eigenvalue weighted by molar-refractivity contribution is 5.85. The predicted molar refractivity (Wildman–Crippen MR) is 94.5 cm³/mol. The first-order valence-corrected chi connectivity index (χ1v) is 8.27. The van der Waals surface area contributed by atoms with Crippen LogP contribution in [0.5, 0.6) is 0 Å².